The molecular formula is C3H7Cl4N. The van der Waals surface area contributed by atoms with E-state index in [1.165, 1.54) is 0 Å². The second kappa shape index (κ2) is 6.24. The van der Waals surface area contributed by atoms with Crippen molar-refractivity contribution in [3.8, 4) is 0 Å². The zero-order valence-corrected chi connectivity index (χ0v) is 7.54. The van der Waals surface area contributed by atoms with Gasteiger partial charge in [-0.05, 0) is 14.1 Å². The van der Waals surface area contributed by atoms with Gasteiger partial charge in [0.25, 0.3) is 3.25 Å². The molecule has 0 heterocycles. The molecule has 0 aromatic rings. The van der Waals surface area contributed by atoms with Crippen molar-refractivity contribution in [2.24, 2.45) is 0 Å². The molecule has 0 aliphatic rings. The van der Waals surface area contributed by atoms with Crippen molar-refractivity contribution in [3.05, 3.63) is 0 Å². The molecule has 0 aliphatic carbocycles. The Bertz CT molecular complexity index is 35.0. The van der Waals surface area contributed by atoms with Gasteiger partial charge in [-0.2, -0.15) is 0 Å². The van der Waals surface area contributed by atoms with Crippen LogP contribution in [0, 0.1) is 0 Å². The second-order valence-corrected chi connectivity index (χ2v) is 4.36. The lowest BCUT2D eigenvalue weighted by Gasteiger charge is -1.91. The molecule has 0 aromatic heterocycles. The summed E-state index contributed by atoms with van der Waals surface area (Å²) in [5.74, 6) is 0. The van der Waals surface area contributed by atoms with E-state index in [-0.39, 0.29) is 0 Å². The fourth-order valence-corrected chi connectivity index (χ4v) is 0. The van der Waals surface area contributed by atoms with E-state index in [9.17, 15) is 0 Å². The fourth-order valence-electron chi connectivity index (χ4n) is 0. The third kappa shape index (κ3) is 213. The summed E-state index contributed by atoms with van der Waals surface area (Å²) in [6, 6.07) is 0. The van der Waals surface area contributed by atoms with Crippen LogP contribution in [0.1, 0.15) is 0 Å². The van der Waals surface area contributed by atoms with Crippen LogP contribution in [0.2, 0.25) is 0 Å². The quantitative estimate of drug-likeness (QED) is 0.590. The fraction of sp³-hybridized carbons (Fsp3) is 1.00. The number of rotatable bonds is 0. The SMILES string of the molecule is CNC.ClC(Cl)(Cl)Cl. The zero-order chi connectivity index (χ0) is 7.21. The molecule has 0 fully saturated rings. The van der Waals surface area contributed by atoms with E-state index in [0.717, 1.165) is 0 Å². The van der Waals surface area contributed by atoms with Crippen LogP contribution in [0.15, 0.2) is 0 Å². The number of hydrogen-bond acceptors (Lipinski definition) is 1. The van der Waals surface area contributed by atoms with Gasteiger partial charge in [-0.15, -0.1) is 0 Å². The molecule has 8 heavy (non-hydrogen) atoms. The first-order valence-corrected chi connectivity index (χ1v) is 3.27. The Kier molecular flexibility index (Phi) is 9.26. The van der Waals surface area contributed by atoms with E-state index in [4.69, 9.17) is 46.4 Å². The van der Waals surface area contributed by atoms with Crippen LogP contribution in [0.3, 0.4) is 0 Å². The molecule has 5 heteroatoms. The highest BCUT2D eigenvalue weighted by Gasteiger charge is 2.11. The topological polar surface area (TPSA) is 12.0 Å². The molecule has 0 amide bonds. The van der Waals surface area contributed by atoms with Crippen molar-refractivity contribution in [2.45, 2.75) is 3.25 Å². The van der Waals surface area contributed by atoms with E-state index in [0.29, 0.717) is 0 Å². The number of alkyl halides is 4. The summed E-state index contributed by atoms with van der Waals surface area (Å²) in [7, 11) is 3.75. The molecule has 0 aliphatic heterocycles. The summed E-state index contributed by atoms with van der Waals surface area (Å²) < 4.78 is -1.61. The van der Waals surface area contributed by atoms with Crippen molar-refractivity contribution in [2.75, 3.05) is 14.1 Å². The third-order valence-electron chi connectivity index (χ3n) is 0. The van der Waals surface area contributed by atoms with Crippen LogP contribution in [0.25, 0.3) is 0 Å². The van der Waals surface area contributed by atoms with E-state index in [2.05, 4.69) is 5.32 Å². The van der Waals surface area contributed by atoms with E-state index in [1.54, 1.807) is 0 Å². The lowest BCUT2D eigenvalue weighted by molar-refractivity contribution is 1.02. The summed E-state index contributed by atoms with van der Waals surface area (Å²) in [6.45, 7) is 0. The van der Waals surface area contributed by atoms with Gasteiger partial charge in [0.05, 0.1) is 0 Å². The Morgan fingerprint density at radius 3 is 1.00 bits per heavy atom. The summed E-state index contributed by atoms with van der Waals surface area (Å²) in [4.78, 5) is 0. The van der Waals surface area contributed by atoms with Gasteiger partial charge in [-0.1, -0.05) is 46.4 Å². The first-order chi connectivity index (χ1) is 3.41. The van der Waals surface area contributed by atoms with Crippen molar-refractivity contribution in [3.63, 3.8) is 0 Å². The van der Waals surface area contributed by atoms with Crippen molar-refractivity contribution >= 4 is 46.4 Å². The molecule has 1 N–H and O–H groups in total. The molecule has 0 rings (SSSR count). The Morgan fingerprint density at radius 1 is 1.00 bits per heavy atom. The van der Waals surface area contributed by atoms with Crippen LogP contribution in [0.5, 0.6) is 0 Å². The molecule has 0 bridgehead atoms. The number of hydrogen-bond donors (Lipinski definition) is 1. The highest BCUT2D eigenvalue weighted by atomic mass is 35.6. The third-order valence-corrected chi connectivity index (χ3v) is 0. The predicted octanol–water partition coefficient (Wildman–Crippen LogP) is 2.39. The maximum absolute atomic E-state index is 4.83. The van der Waals surface area contributed by atoms with Gasteiger partial charge < -0.3 is 5.32 Å². The van der Waals surface area contributed by atoms with Gasteiger partial charge in [-0.3, -0.25) is 0 Å². The Balaban J connectivity index is 0. The highest BCUT2D eigenvalue weighted by molar-refractivity contribution is 6.83. The molecule has 52 valence electrons. The first-order valence-electron chi connectivity index (χ1n) is 1.76. The normalized spacial score (nSPS) is 9.75. The molecule has 1 nitrogen and oxygen atoms in total. The van der Waals surface area contributed by atoms with Crippen molar-refractivity contribution in [1.82, 2.24) is 5.32 Å². The summed E-state index contributed by atoms with van der Waals surface area (Å²) in [6.07, 6.45) is 0. The van der Waals surface area contributed by atoms with Gasteiger partial charge in [0.2, 0.25) is 0 Å². The Labute approximate surface area is 69.2 Å². The second-order valence-electron chi connectivity index (χ2n) is 0.929. The van der Waals surface area contributed by atoms with Crippen LogP contribution >= 0.6 is 46.4 Å². The average Bonchev–Trinajstić information content (AvgIpc) is 1.27. The monoisotopic (exact) mass is 197 g/mol. The van der Waals surface area contributed by atoms with Crippen molar-refractivity contribution < 1.29 is 0 Å². The average molecular weight is 199 g/mol. The molecule has 0 saturated carbocycles. The number of nitrogens with one attached hydrogen (secondary N) is 1. The van der Waals surface area contributed by atoms with Gasteiger partial charge >= 0.3 is 0 Å². The lowest BCUT2D eigenvalue weighted by atomic mass is 11.3. The zero-order valence-electron chi connectivity index (χ0n) is 4.51. The van der Waals surface area contributed by atoms with Crippen molar-refractivity contribution in [1.29, 1.82) is 0 Å². The van der Waals surface area contributed by atoms with E-state index >= 15 is 0 Å². The smallest absolute Gasteiger partial charge is 0.266 e. The van der Waals surface area contributed by atoms with Gasteiger partial charge in [0, 0.05) is 0 Å². The van der Waals surface area contributed by atoms with Crippen LogP contribution in [-0.4, -0.2) is 17.3 Å². The van der Waals surface area contributed by atoms with Gasteiger partial charge in [0.1, 0.15) is 0 Å². The predicted molar refractivity (Wildman–Crippen MR) is 41.1 cm³/mol. The minimum atomic E-state index is -1.61. The molecular weight excluding hydrogens is 192 g/mol. The van der Waals surface area contributed by atoms with Crippen LogP contribution < -0.4 is 5.32 Å². The Morgan fingerprint density at radius 2 is 1.00 bits per heavy atom. The molecule has 0 saturated heterocycles. The Hall–Kier alpha value is 1.12. The summed E-state index contributed by atoms with van der Waals surface area (Å²) in [5.41, 5.74) is 0. The lowest BCUT2D eigenvalue weighted by Crippen LogP contribution is -1.89. The van der Waals surface area contributed by atoms with Crippen LogP contribution in [-0.2, 0) is 0 Å². The maximum Gasteiger partial charge on any atom is 0.266 e. The largest absolute Gasteiger partial charge is 0.323 e. The van der Waals surface area contributed by atoms with E-state index in [1.807, 2.05) is 14.1 Å². The molecule has 0 aromatic carbocycles. The first kappa shape index (κ1) is 11.9. The van der Waals surface area contributed by atoms with Gasteiger partial charge in [-0.25, -0.2) is 0 Å². The number of halogens is 4. The molecule has 0 unspecified atom stereocenters. The maximum atomic E-state index is 4.83. The summed E-state index contributed by atoms with van der Waals surface area (Å²) >= 11 is 19.3. The standard InChI is InChI=1S/C2H7N.CCl4/c1-3-2;2-1(3,4)5/h3H,1-2H3;. The van der Waals surface area contributed by atoms with E-state index < -0.39 is 3.25 Å². The highest BCUT2D eigenvalue weighted by Crippen LogP contribution is 2.29. The molecule has 0 radical (unpaired) electrons. The van der Waals surface area contributed by atoms with Crippen LogP contribution in [0.4, 0.5) is 0 Å². The molecule has 0 spiro atoms. The minimum Gasteiger partial charge on any atom is -0.323 e. The molecule has 0 atom stereocenters. The minimum absolute atomic E-state index is 1.61. The van der Waals surface area contributed by atoms with Gasteiger partial charge in [0.15, 0.2) is 0 Å². The summed E-state index contributed by atoms with van der Waals surface area (Å²) in [5, 5.41) is 2.75.